The van der Waals surface area contributed by atoms with Gasteiger partial charge in [0.05, 0.1) is 35.9 Å². The van der Waals surface area contributed by atoms with Crippen molar-refractivity contribution in [1.82, 2.24) is 0 Å². The molecule has 11 aromatic rings. The zero-order valence-electron chi connectivity index (χ0n) is 40.5. The van der Waals surface area contributed by atoms with Crippen LogP contribution in [0.1, 0.15) is 44.5 Å². The Morgan fingerprint density at radius 3 is 1.01 bits per heavy atom. The molecule has 74 heavy (non-hydrogen) atoms. The molecule has 4 heteroatoms. The molecule has 352 valence electrons. The fraction of sp³-hybridized carbons (Fsp3) is 0.0286. The van der Waals surface area contributed by atoms with Gasteiger partial charge in [-0.25, -0.2) is 0 Å². The number of allylic oxidation sites excluding steroid dienone is 2. The molecular weight excluding hydrogens is 905 g/mol. The Kier molecular flexibility index (Phi) is 10.9. The Morgan fingerprint density at radius 1 is 0.284 bits per heavy atom. The second kappa shape index (κ2) is 18.2. The maximum atomic E-state index is 6.25. The first-order valence-electron chi connectivity index (χ1n) is 24.9. The lowest BCUT2D eigenvalue weighted by Gasteiger charge is -2.35. The van der Waals surface area contributed by atoms with Crippen LogP contribution in [0.4, 0.5) is 0 Å². The number of rotatable bonds is 13. The van der Waals surface area contributed by atoms with Crippen LogP contribution in [0.3, 0.4) is 0 Å². The Labute approximate surface area is 430 Å². The summed E-state index contributed by atoms with van der Waals surface area (Å²) in [5.41, 5.74) is 13.2. The van der Waals surface area contributed by atoms with Gasteiger partial charge in [-0.2, -0.15) is 0 Å². The van der Waals surface area contributed by atoms with Crippen molar-refractivity contribution in [2.24, 2.45) is 0 Å². The molecule has 0 aliphatic heterocycles. The molecule has 2 aliphatic rings. The molecule has 2 aliphatic carbocycles. The highest BCUT2D eigenvalue weighted by Crippen LogP contribution is 2.61. The van der Waals surface area contributed by atoms with Gasteiger partial charge in [0.25, 0.3) is 0 Å². The summed E-state index contributed by atoms with van der Waals surface area (Å²) in [5, 5.41) is 7.24. The number of ether oxygens (including phenoxy) is 4. The van der Waals surface area contributed by atoms with Gasteiger partial charge < -0.3 is 18.9 Å². The fourth-order valence-electron chi connectivity index (χ4n) is 12.2. The second-order valence-electron chi connectivity index (χ2n) is 18.7. The third-order valence-corrected chi connectivity index (χ3v) is 15.1. The van der Waals surface area contributed by atoms with Crippen LogP contribution in [-0.4, -0.2) is 0 Å². The Hall–Kier alpha value is -9.64. The lowest BCUT2D eigenvalue weighted by molar-refractivity contribution is 0.475. The highest BCUT2D eigenvalue weighted by atomic mass is 16.5. The lowest BCUT2D eigenvalue weighted by Crippen LogP contribution is -2.29. The van der Waals surface area contributed by atoms with E-state index in [9.17, 15) is 0 Å². The Morgan fingerprint density at radius 2 is 0.608 bits per heavy atom. The number of benzene rings is 11. The maximum absolute atomic E-state index is 6.25. The molecule has 0 fully saturated rings. The van der Waals surface area contributed by atoms with Crippen LogP contribution in [-0.2, 0) is 10.8 Å². The monoisotopic (exact) mass is 952 g/mol. The molecule has 0 aromatic heterocycles. The molecular formula is C70H48O4. The van der Waals surface area contributed by atoms with Crippen LogP contribution < -0.4 is 18.9 Å². The number of fused-ring (bicyclic) bond motifs is 12. The van der Waals surface area contributed by atoms with Crippen LogP contribution in [0.2, 0.25) is 0 Å². The number of hydrogen-bond donors (Lipinski definition) is 0. The summed E-state index contributed by atoms with van der Waals surface area (Å²) in [6, 6.07) is 82.4. The molecule has 1 unspecified atom stereocenters. The van der Waals surface area contributed by atoms with Crippen molar-refractivity contribution in [1.29, 1.82) is 0 Å². The van der Waals surface area contributed by atoms with Crippen LogP contribution in [0.15, 0.2) is 281 Å². The van der Waals surface area contributed by atoms with Gasteiger partial charge >= 0.3 is 0 Å². The van der Waals surface area contributed by atoms with Crippen LogP contribution in [0.5, 0.6) is 23.0 Å². The van der Waals surface area contributed by atoms with Gasteiger partial charge in [-0.05, 0) is 160 Å². The summed E-state index contributed by atoms with van der Waals surface area (Å²) >= 11 is 0. The van der Waals surface area contributed by atoms with Gasteiger partial charge in [0.1, 0.15) is 23.0 Å². The lowest BCUT2D eigenvalue weighted by atomic mass is 9.66. The Bertz CT molecular complexity index is 3950. The molecule has 0 heterocycles. The number of hydrogen-bond acceptors (Lipinski definition) is 4. The van der Waals surface area contributed by atoms with Gasteiger partial charge in [-0.3, -0.25) is 0 Å². The summed E-state index contributed by atoms with van der Waals surface area (Å²) in [6.07, 6.45) is 9.96. The van der Waals surface area contributed by atoms with Gasteiger partial charge in [-0.1, -0.05) is 195 Å². The standard InChI is InChI=1S/C70H48O4/c1-3-71-54-34-26-50(27-35-54)69(65-22-12-11-21-61(65)62-42-23-47-15-5-8-18-58(47)66(62)69)51-28-38-56(39-29-51)73-45-13-14-46-74-57-40-32-53(33-41-57)70(52-30-36-55(37-31-52)72-4-2)67-59-19-9-6-16-48(59)24-43-63(67)64-44-25-49-17-7-10-20-60(49)68(64)70/h3-46H,1-2H2/b45-13+,46-14+. The van der Waals surface area contributed by atoms with Crippen LogP contribution >= 0.6 is 0 Å². The quantitative estimate of drug-likeness (QED) is 0.0852. The molecule has 0 saturated heterocycles. The first kappa shape index (κ1) is 44.3. The van der Waals surface area contributed by atoms with E-state index in [1.807, 2.05) is 48.6 Å². The molecule has 0 amide bonds. The van der Waals surface area contributed by atoms with Crippen LogP contribution in [0, 0.1) is 0 Å². The SMILES string of the molecule is C=COc1ccc(C2(c3ccc(O/C=C/C=C/Oc4ccc(C5(c6ccc(OC=C)cc6)c6c(ccc7ccccc67)-c6ccc7ccccc7c65)cc4)cc3)c3ccccc3-c3ccc4ccccc4c32)cc1. The van der Waals surface area contributed by atoms with E-state index in [2.05, 4.69) is 207 Å². The first-order valence-corrected chi connectivity index (χ1v) is 24.9. The second-order valence-corrected chi connectivity index (χ2v) is 18.7. The van der Waals surface area contributed by atoms with Crippen LogP contribution in [0.25, 0.3) is 54.6 Å². The first-order chi connectivity index (χ1) is 36.6. The topological polar surface area (TPSA) is 36.9 Å². The molecule has 0 spiro atoms. The normalized spacial score (nSPS) is 14.9. The predicted molar refractivity (Wildman–Crippen MR) is 301 cm³/mol. The van der Waals surface area contributed by atoms with Crippen molar-refractivity contribution >= 4 is 32.3 Å². The Balaban J connectivity index is 0.803. The summed E-state index contributed by atoms with van der Waals surface area (Å²) in [6.45, 7) is 7.56. The molecule has 0 saturated carbocycles. The largest absolute Gasteiger partial charge is 0.466 e. The van der Waals surface area contributed by atoms with E-state index >= 15 is 0 Å². The van der Waals surface area contributed by atoms with E-state index in [1.54, 1.807) is 12.5 Å². The molecule has 0 bridgehead atoms. The highest BCUT2D eigenvalue weighted by molar-refractivity contribution is 6.06. The van der Waals surface area contributed by atoms with Crippen molar-refractivity contribution in [2.75, 3.05) is 0 Å². The molecule has 13 rings (SSSR count). The van der Waals surface area contributed by atoms with E-state index in [0.29, 0.717) is 5.75 Å². The van der Waals surface area contributed by atoms with E-state index < -0.39 is 10.8 Å². The fourth-order valence-corrected chi connectivity index (χ4v) is 12.2. The molecule has 0 radical (unpaired) electrons. The summed E-state index contributed by atoms with van der Waals surface area (Å²) in [5.74, 6) is 2.91. The summed E-state index contributed by atoms with van der Waals surface area (Å²) in [4.78, 5) is 0. The predicted octanol–water partition coefficient (Wildman–Crippen LogP) is 17.4. The van der Waals surface area contributed by atoms with Crippen molar-refractivity contribution in [3.63, 3.8) is 0 Å². The summed E-state index contributed by atoms with van der Waals surface area (Å²) in [7, 11) is 0. The van der Waals surface area contributed by atoms with E-state index in [-0.39, 0.29) is 0 Å². The zero-order chi connectivity index (χ0) is 49.6. The third-order valence-electron chi connectivity index (χ3n) is 15.1. The van der Waals surface area contributed by atoms with Crippen molar-refractivity contribution in [3.8, 4) is 45.3 Å². The smallest absolute Gasteiger partial charge is 0.126 e. The van der Waals surface area contributed by atoms with Crippen molar-refractivity contribution in [2.45, 2.75) is 10.8 Å². The molecule has 4 nitrogen and oxygen atoms in total. The minimum Gasteiger partial charge on any atom is -0.466 e. The van der Waals surface area contributed by atoms with Crippen molar-refractivity contribution in [3.05, 3.63) is 325 Å². The van der Waals surface area contributed by atoms with Gasteiger partial charge in [0, 0.05) is 0 Å². The van der Waals surface area contributed by atoms with E-state index in [1.165, 1.54) is 89.3 Å². The van der Waals surface area contributed by atoms with Gasteiger partial charge in [0.2, 0.25) is 0 Å². The van der Waals surface area contributed by atoms with Gasteiger partial charge in [0.15, 0.2) is 0 Å². The molecule has 0 N–H and O–H groups in total. The minimum atomic E-state index is -0.668. The minimum absolute atomic E-state index is 0.603. The third kappa shape index (κ3) is 6.91. The average Bonchev–Trinajstić information content (AvgIpc) is 4.04. The van der Waals surface area contributed by atoms with Crippen molar-refractivity contribution < 1.29 is 18.9 Å². The average molecular weight is 953 g/mol. The highest BCUT2D eigenvalue weighted by Gasteiger charge is 2.49. The van der Waals surface area contributed by atoms with Gasteiger partial charge in [-0.15, -0.1) is 0 Å². The van der Waals surface area contributed by atoms with E-state index in [4.69, 9.17) is 18.9 Å². The zero-order valence-corrected chi connectivity index (χ0v) is 40.5. The molecule has 1 atom stereocenters. The maximum Gasteiger partial charge on any atom is 0.126 e. The van der Waals surface area contributed by atoms with E-state index in [0.717, 1.165) is 39.5 Å². The molecule has 11 aromatic carbocycles. The summed E-state index contributed by atoms with van der Waals surface area (Å²) < 4.78 is 23.9.